The van der Waals surface area contributed by atoms with E-state index in [1.807, 2.05) is 32.9 Å². The highest BCUT2D eigenvalue weighted by molar-refractivity contribution is 6.00. The summed E-state index contributed by atoms with van der Waals surface area (Å²) in [6.07, 6.45) is 4.90. The summed E-state index contributed by atoms with van der Waals surface area (Å²) < 4.78 is 10.2. The molecular formula is C15H26O4. The van der Waals surface area contributed by atoms with Crippen LogP contribution in [0.3, 0.4) is 0 Å². The van der Waals surface area contributed by atoms with E-state index in [1.54, 1.807) is 13.8 Å². The predicted molar refractivity (Wildman–Crippen MR) is 74.6 cm³/mol. The smallest absolute Gasteiger partial charge is 0.323 e. The van der Waals surface area contributed by atoms with Crippen LogP contribution in [0.2, 0.25) is 0 Å². The second-order valence-electron chi connectivity index (χ2n) is 4.67. The van der Waals surface area contributed by atoms with E-state index in [2.05, 4.69) is 0 Å². The molecule has 0 rings (SSSR count). The molecule has 0 bridgehead atoms. The Balaban J connectivity index is 5.33. The Morgan fingerprint density at radius 3 is 1.89 bits per heavy atom. The van der Waals surface area contributed by atoms with E-state index in [4.69, 9.17) is 9.47 Å². The highest BCUT2D eigenvalue weighted by atomic mass is 16.6. The number of hydrogen-bond acceptors (Lipinski definition) is 4. The van der Waals surface area contributed by atoms with E-state index in [0.717, 1.165) is 0 Å². The normalized spacial score (nSPS) is 11.9. The second kappa shape index (κ2) is 8.73. The maximum absolute atomic E-state index is 12.3. The standard InChI is InChI=1S/C15H26O4/c1-6-9-10-11-15(12(4)5,13(16)18-7-2)14(17)19-8-3/h6,9,12H,7-8,10-11H2,1-5H3/b9-6+. The van der Waals surface area contributed by atoms with Gasteiger partial charge in [0.25, 0.3) is 0 Å². The van der Waals surface area contributed by atoms with Gasteiger partial charge in [-0.2, -0.15) is 0 Å². The van der Waals surface area contributed by atoms with Gasteiger partial charge in [-0.05, 0) is 39.5 Å². The van der Waals surface area contributed by atoms with Crippen molar-refractivity contribution in [3.05, 3.63) is 12.2 Å². The molecule has 0 aliphatic carbocycles. The molecule has 0 aliphatic rings. The van der Waals surface area contributed by atoms with Gasteiger partial charge in [-0.1, -0.05) is 26.0 Å². The maximum atomic E-state index is 12.3. The first-order chi connectivity index (χ1) is 8.97. The summed E-state index contributed by atoms with van der Waals surface area (Å²) >= 11 is 0. The van der Waals surface area contributed by atoms with Gasteiger partial charge in [0.1, 0.15) is 0 Å². The predicted octanol–water partition coefficient (Wildman–Crippen LogP) is 3.11. The van der Waals surface area contributed by atoms with Crippen molar-refractivity contribution < 1.29 is 19.1 Å². The van der Waals surface area contributed by atoms with Crippen molar-refractivity contribution in [3.63, 3.8) is 0 Å². The third-order valence-corrected chi connectivity index (χ3v) is 3.21. The molecule has 0 heterocycles. The molecule has 0 atom stereocenters. The molecule has 0 aromatic heterocycles. The Bertz CT molecular complexity index is 300. The van der Waals surface area contributed by atoms with Crippen LogP contribution in [0.25, 0.3) is 0 Å². The molecule has 0 saturated heterocycles. The number of esters is 2. The minimum atomic E-state index is -1.20. The van der Waals surface area contributed by atoms with E-state index in [-0.39, 0.29) is 19.1 Å². The molecule has 0 saturated carbocycles. The fourth-order valence-electron chi connectivity index (χ4n) is 2.04. The van der Waals surface area contributed by atoms with E-state index < -0.39 is 17.4 Å². The van der Waals surface area contributed by atoms with Crippen molar-refractivity contribution in [2.75, 3.05) is 13.2 Å². The van der Waals surface area contributed by atoms with E-state index in [1.165, 1.54) is 0 Å². The van der Waals surface area contributed by atoms with Gasteiger partial charge in [-0.3, -0.25) is 9.59 Å². The number of ether oxygens (including phenoxy) is 2. The number of carbonyl (C=O) groups is 2. The molecule has 19 heavy (non-hydrogen) atoms. The zero-order valence-electron chi connectivity index (χ0n) is 12.7. The molecule has 0 aliphatic heterocycles. The van der Waals surface area contributed by atoms with Crippen LogP contribution < -0.4 is 0 Å². The molecule has 0 aromatic carbocycles. The number of carbonyl (C=O) groups excluding carboxylic acids is 2. The van der Waals surface area contributed by atoms with Crippen molar-refractivity contribution in [2.24, 2.45) is 11.3 Å². The average molecular weight is 270 g/mol. The maximum Gasteiger partial charge on any atom is 0.323 e. The summed E-state index contributed by atoms with van der Waals surface area (Å²) in [7, 11) is 0. The van der Waals surface area contributed by atoms with Crippen LogP contribution in [-0.2, 0) is 19.1 Å². The molecule has 0 spiro atoms. The molecule has 110 valence electrons. The molecule has 0 unspecified atom stereocenters. The van der Waals surface area contributed by atoms with Crippen molar-refractivity contribution in [3.8, 4) is 0 Å². The van der Waals surface area contributed by atoms with Gasteiger partial charge in [0.2, 0.25) is 0 Å². The lowest BCUT2D eigenvalue weighted by molar-refractivity contribution is -0.176. The van der Waals surface area contributed by atoms with Crippen LogP contribution in [0.15, 0.2) is 12.2 Å². The zero-order chi connectivity index (χ0) is 14.9. The quantitative estimate of drug-likeness (QED) is 0.386. The van der Waals surface area contributed by atoms with E-state index >= 15 is 0 Å². The zero-order valence-corrected chi connectivity index (χ0v) is 12.7. The third kappa shape index (κ3) is 4.37. The SMILES string of the molecule is C/C=C/CCC(C(=O)OCC)(C(=O)OCC)C(C)C. The number of rotatable bonds is 8. The lowest BCUT2D eigenvalue weighted by Gasteiger charge is -2.32. The Morgan fingerprint density at radius 1 is 1.11 bits per heavy atom. The van der Waals surface area contributed by atoms with Gasteiger partial charge in [-0.25, -0.2) is 0 Å². The summed E-state index contributed by atoms with van der Waals surface area (Å²) in [5.74, 6) is -1.13. The van der Waals surface area contributed by atoms with Crippen molar-refractivity contribution in [1.29, 1.82) is 0 Å². The fraction of sp³-hybridized carbons (Fsp3) is 0.733. The van der Waals surface area contributed by atoms with Crippen molar-refractivity contribution >= 4 is 11.9 Å². The summed E-state index contributed by atoms with van der Waals surface area (Å²) in [5, 5.41) is 0. The minimum Gasteiger partial charge on any atom is -0.465 e. The average Bonchev–Trinajstić information content (AvgIpc) is 2.34. The summed E-state index contributed by atoms with van der Waals surface area (Å²) in [5.41, 5.74) is -1.20. The van der Waals surface area contributed by atoms with Gasteiger partial charge in [0.15, 0.2) is 5.41 Å². The lowest BCUT2D eigenvalue weighted by Crippen LogP contribution is -2.46. The molecule has 0 N–H and O–H groups in total. The minimum absolute atomic E-state index is 0.171. The third-order valence-electron chi connectivity index (χ3n) is 3.21. The van der Waals surface area contributed by atoms with Gasteiger partial charge in [0.05, 0.1) is 13.2 Å². The van der Waals surface area contributed by atoms with E-state index in [0.29, 0.717) is 12.8 Å². The van der Waals surface area contributed by atoms with Gasteiger partial charge in [-0.15, -0.1) is 0 Å². The number of allylic oxidation sites excluding steroid dienone is 2. The molecular weight excluding hydrogens is 244 g/mol. The molecule has 0 aromatic rings. The number of hydrogen-bond donors (Lipinski definition) is 0. The Hall–Kier alpha value is -1.32. The molecule has 0 fully saturated rings. The van der Waals surface area contributed by atoms with Gasteiger partial charge >= 0.3 is 11.9 Å². The van der Waals surface area contributed by atoms with Gasteiger partial charge in [0, 0.05) is 0 Å². The second-order valence-corrected chi connectivity index (χ2v) is 4.67. The van der Waals surface area contributed by atoms with Crippen LogP contribution in [0, 0.1) is 11.3 Å². The summed E-state index contributed by atoms with van der Waals surface area (Å²) in [6.45, 7) is 9.60. The molecule has 4 heteroatoms. The van der Waals surface area contributed by atoms with Crippen LogP contribution in [0.4, 0.5) is 0 Å². The highest BCUT2D eigenvalue weighted by Crippen LogP contribution is 2.36. The molecule has 0 radical (unpaired) electrons. The monoisotopic (exact) mass is 270 g/mol. The van der Waals surface area contributed by atoms with Crippen LogP contribution in [-0.4, -0.2) is 25.2 Å². The first-order valence-electron chi connectivity index (χ1n) is 6.92. The van der Waals surface area contributed by atoms with Crippen LogP contribution in [0.5, 0.6) is 0 Å². The molecule has 0 amide bonds. The van der Waals surface area contributed by atoms with Crippen LogP contribution in [0.1, 0.15) is 47.5 Å². The largest absolute Gasteiger partial charge is 0.465 e. The van der Waals surface area contributed by atoms with Gasteiger partial charge < -0.3 is 9.47 Å². The fourth-order valence-corrected chi connectivity index (χ4v) is 2.04. The Labute approximate surface area is 116 Å². The first-order valence-corrected chi connectivity index (χ1v) is 6.92. The lowest BCUT2D eigenvalue weighted by atomic mass is 9.73. The highest BCUT2D eigenvalue weighted by Gasteiger charge is 2.50. The summed E-state index contributed by atoms with van der Waals surface area (Å²) in [6, 6.07) is 0. The molecule has 4 nitrogen and oxygen atoms in total. The topological polar surface area (TPSA) is 52.6 Å². The Kier molecular flexibility index (Phi) is 8.12. The summed E-state index contributed by atoms with van der Waals surface area (Å²) in [4.78, 5) is 24.5. The van der Waals surface area contributed by atoms with E-state index in [9.17, 15) is 9.59 Å². The Morgan fingerprint density at radius 2 is 1.58 bits per heavy atom. The first kappa shape index (κ1) is 17.7. The van der Waals surface area contributed by atoms with Crippen molar-refractivity contribution in [1.82, 2.24) is 0 Å². The van der Waals surface area contributed by atoms with Crippen LogP contribution >= 0.6 is 0 Å². The van der Waals surface area contributed by atoms with Crippen molar-refractivity contribution in [2.45, 2.75) is 47.5 Å².